The minimum atomic E-state index is -1.22. The summed E-state index contributed by atoms with van der Waals surface area (Å²) in [4.78, 5) is 12.5. The van der Waals surface area contributed by atoms with Gasteiger partial charge in [0, 0.05) is 0 Å². The number of rotatable bonds is 6. The molecule has 0 spiro atoms. The first kappa shape index (κ1) is 24.4. The lowest BCUT2D eigenvalue weighted by atomic mass is 9.67. The summed E-state index contributed by atoms with van der Waals surface area (Å²) >= 11 is 0. The Balaban J connectivity index is 1.22. The van der Waals surface area contributed by atoms with Crippen molar-refractivity contribution in [3.8, 4) is 11.5 Å². The summed E-state index contributed by atoms with van der Waals surface area (Å²) in [7, 11) is 0. The highest BCUT2D eigenvalue weighted by Gasteiger charge is 2.36. The first-order valence-electron chi connectivity index (χ1n) is 12.9. The van der Waals surface area contributed by atoms with Gasteiger partial charge < -0.3 is 14.2 Å². The van der Waals surface area contributed by atoms with Gasteiger partial charge in [0.15, 0.2) is 17.6 Å². The monoisotopic (exact) mass is 464 g/mol. The van der Waals surface area contributed by atoms with Crippen molar-refractivity contribution in [1.82, 2.24) is 0 Å². The van der Waals surface area contributed by atoms with Gasteiger partial charge in [-0.15, -0.1) is 0 Å². The SMILES string of the molecule is CCOc1ccc(OC(=O)C2CCC(C3CCC(C4CCC(C)CC4)CC3)CO2)c(F)c1F. The van der Waals surface area contributed by atoms with Crippen LogP contribution in [0.2, 0.25) is 0 Å². The Morgan fingerprint density at radius 2 is 1.36 bits per heavy atom. The van der Waals surface area contributed by atoms with Crippen LogP contribution in [0, 0.1) is 41.2 Å². The third-order valence-electron chi connectivity index (χ3n) is 8.31. The Morgan fingerprint density at radius 1 is 0.848 bits per heavy atom. The zero-order chi connectivity index (χ0) is 23.4. The van der Waals surface area contributed by atoms with E-state index in [2.05, 4.69) is 6.92 Å². The van der Waals surface area contributed by atoms with Gasteiger partial charge in [-0.25, -0.2) is 4.79 Å². The number of carbonyl (C=O) groups excluding carboxylic acids is 1. The van der Waals surface area contributed by atoms with E-state index in [0.29, 0.717) is 24.9 Å². The second-order valence-corrected chi connectivity index (χ2v) is 10.4. The zero-order valence-corrected chi connectivity index (χ0v) is 20.0. The van der Waals surface area contributed by atoms with Crippen LogP contribution in [0.4, 0.5) is 8.78 Å². The van der Waals surface area contributed by atoms with Crippen LogP contribution in [-0.4, -0.2) is 25.3 Å². The summed E-state index contributed by atoms with van der Waals surface area (Å²) in [5.74, 6) is 0.216. The van der Waals surface area contributed by atoms with Gasteiger partial charge in [0.1, 0.15) is 0 Å². The molecule has 0 amide bonds. The first-order chi connectivity index (χ1) is 16.0. The molecule has 6 heteroatoms. The predicted octanol–water partition coefficient (Wildman–Crippen LogP) is 6.70. The van der Waals surface area contributed by atoms with E-state index in [1.54, 1.807) is 6.92 Å². The van der Waals surface area contributed by atoms with Gasteiger partial charge in [-0.05, 0) is 100 Å². The molecule has 1 aromatic carbocycles. The summed E-state index contributed by atoms with van der Waals surface area (Å²) in [5.41, 5.74) is 0. The molecule has 2 atom stereocenters. The summed E-state index contributed by atoms with van der Waals surface area (Å²) in [6.07, 6.45) is 11.5. The molecule has 184 valence electrons. The molecule has 33 heavy (non-hydrogen) atoms. The summed E-state index contributed by atoms with van der Waals surface area (Å²) in [6, 6.07) is 2.49. The Morgan fingerprint density at radius 3 is 1.94 bits per heavy atom. The number of halogens is 2. The molecule has 1 aliphatic heterocycles. The van der Waals surface area contributed by atoms with Gasteiger partial charge >= 0.3 is 5.97 Å². The van der Waals surface area contributed by atoms with Crippen LogP contribution in [0.5, 0.6) is 11.5 Å². The van der Waals surface area contributed by atoms with Crippen molar-refractivity contribution < 1.29 is 27.8 Å². The Bertz CT molecular complexity index is 790. The Hall–Kier alpha value is -1.69. The first-order valence-corrected chi connectivity index (χ1v) is 12.9. The van der Waals surface area contributed by atoms with Crippen LogP contribution < -0.4 is 9.47 Å². The third kappa shape index (κ3) is 5.87. The van der Waals surface area contributed by atoms with E-state index in [1.807, 2.05) is 0 Å². The van der Waals surface area contributed by atoms with Crippen LogP contribution in [0.1, 0.15) is 78.1 Å². The lowest BCUT2D eigenvalue weighted by Crippen LogP contribution is -2.38. The van der Waals surface area contributed by atoms with Gasteiger partial charge in [0.25, 0.3) is 0 Å². The summed E-state index contributed by atoms with van der Waals surface area (Å²) in [6.45, 7) is 4.82. The maximum absolute atomic E-state index is 14.2. The van der Waals surface area contributed by atoms with Gasteiger partial charge in [0.2, 0.25) is 11.6 Å². The Kier molecular flexibility index (Phi) is 8.26. The van der Waals surface area contributed by atoms with Gasteiger partial charge in [-0.2, -0.15) is 8.78 Å². The van der Waals surface area contributed by atoms with E-state index in [-0.39, 0.29) is 12.4 Å². The average molecular weight is 465 g/mol. The predicted molar refractivity (Wildman–Crippen MR) is 122 cm³/mol. The van der Waals surface area contributed by atoms with Crippen molar-refractivity contribution in [1.29, 1.82) is 0 Å². The molecule has 3 aliphatic rings. The summed E-state index contributed by atoms with van der Waals surface area (Å²) < 4.78 is 44.3. The topological polar surface area (TPSA) is 44.8 Å². The fourth-order valence-electron chi connectivity index (χ4n) is 6.21. The molecule has 2 unspecified atom stereocenters. The van der Waals surface area contributed by atoms with E-state index < -0.39 is 29.5 Å². The number of benzene rings is 1. The van der Waals surface area contributed by atoms with Crippen LogP contribution in [0.3, 0.4) is 0 Å². The smallest absolute Gasteiger partial charge is 0.340 e. The fraction of sp³-hybridized carbons (Fsp3) is 0.741. The van der Waals surface area contributed by atoms with Crippen molar-refractivity contribution in [2.75, 3.05) is 13.2 Å². The zero-order valence-electron chi connectivity index (χ0n) is 20.0. The molecule has 1 saturated heterocycles. The maximum Gasteiger partial charge on any atom is 0.340 e. The van der Waals surface area contributed by atoms with Gasteiger partial charge in [-0.1, -0.05) is 19.8 Å². The van der Waals surface area contributed by atoms with Crippen molar-refractivity contribution in [2.24, 2.45) is 29.6 Å². The number of hydrogen-bond acceptors (Lipinski definition) is 4. The second kappa shape index (κ2) is 11.2. The van der Waals surface area contributed by atoms with E-state index in [9.17, 15) is 13.6 Å². The molecular weight excluding hydrogens is 426 g/mol. The molecule has 0 aromatic heterocycles. The van der Waals surface area contributed by atoms with Crippen molar-refractivity contribution in [3.63, 3.8) is 0 Å². The van der Waals surface area contributed by atoms with Crippen LogP contribution in [-0.2, 0) is 9.53 Å². The normalized spacial score (nSPS) is 32.8. The van der Waals surface area contributed by atoms with Crippen molar-refractivity contribution in [3.05, 3.63) is 23.8 Å². The Labute approximate surface area is 196 Å². The summed E-state index contributed by atoms with van der Waals surface area (Å²) in [5, 5.41) is 0. The minimum absolute atomic E-state index is 0.195. The quantitative estimate of drug-likeness (QED) is 0.347. The minimum Gasteiger partial charge on any atom is -0.491 e. The third-order valence-corrected chi connectivity index (χ3v) is 8.31. The number of ether oxygens (including phenoxy) is 3. The van der Waals surface area contributed by atoms with Crippen molar-refractivity contribution >= 4 is 5.97 Å². The average Bonchev–Trinajstić information content (AvgIpc) is 2.84. The molecule has 1 heterocycles. The number of esters is 1. The molecule has 0 radical (unpaired) electrons. The van der Waals surface area contributed by atoms with E-state index in [1.165, 1.54) is 63.5 Å². The molecule has 2 saturated carbocycles. The molecular formula is C27H38F2O4. The van der Waals surface area contributed by atoms with Crippen LogP contribution in [0.25, 0.3) is 0 Å². The largest absolute Gasteiger partial charge is 0.491 e. The van der Waals surface area contributed by atoms with E-state index >= 15 is 0 Å². The van der Waals surface area contributed by atoms with Crippen LogP contribution in [0.15, 0.2) is 12.1 Å². The molecule has 2 aliphatic carbocycles. The second-order valence-electron chi connectivity index (χ2n) is 10.4. The van der Waals surface area contributed by atoms with E-state index in [4.69, 9.17) is 14.2 Å². The van der Waals surface area contributed by atoms with Gasteiger partial charge in [-0.3, -0.25) is 0 Å². The van der Waals surface area contributed by atoms with Gasteiger partial charge in [0.05, 0.1) is 13.2 Å². The van der Waals surface area contributed by atoms with E-state index in [0.717, 1.165) is 24.2 Å². The fourth-order valence-corrected chi connectivity index (χ4v) is 6.21. The van der Waals surface area contributed by atoms with Crippen LogP contribution >= 0.6 is 0 Å². The highest BCUT2D eigenvalue weighted by Crippen LogP contribution is 2.44. The van der Waals surface area contributed by atoms with Crippen molar-refractivity contribution in [2.45, 2.75) is 84.2 Å². The number of carbonyl (C=O) groups is 1. The maximum atomic E-state index is 14.2. The highest BCUT2D eigenvalue weighted by molar-refractivity contribution is 5.77. The molecule has 4 rings (SSSR count). The lowest BCUT2D eigenvalue weighted by molar-refractivity contribution is -0.153. The molecule has 0 bridgehead atoms. The number of hydrogen-bond donors (Lipinski definition) is 0. The molecule has 1 aromatic rings. The molecule has 0 N–H and O–H groups in total. The standard InChI is InChI=1S/C27H38F2O4/c1-3-31-22-14-15-23(26(29)25(22)28)33-27(30)24-13-12-21(16-32-24)20-10-8-19(9-11-20)18-6-4-17(2)5-7-18/h14-15,17-21,24H,3-13,16H2,1-2H3. The lowest BCUT2D eigenvalue weighted by Gasteiger charge is -2.40. The molecule has 3 fully saturated rings. The highest BCUT2D eigenvalue weighted by atomic mass is 19.2. The molecule has 4 nitrogen and oxygen atoms in total.